The Labute approximate surface area is 187 Å². The average molecular weight is 437 g/mol. The molecule has 0 radical (unpaired) electrons. The van der Waals surface area contributed by atoms with Crippen molar-refractivity contribution in [2.24, 2.45) is 0 Å². The lowest BCUT2D eigenvalue weighted by Crippen LogP contribution is -2.48. The summed E-state index contributed by atoms with van der Waals surface area (Å²) in [5.74, 6) is 0.906. The third-order valence-electron chi connectivity index (χ3n) is 6.29. The molecule has 1 saturated heterocycles. The maximum absolute atomic E-state index is 13.5. The van der Waals surface area contributed by atoms with Crippen LogP contribution < -0.4 is 4.74 Å². The molecular formula is C24H28N4O2S. The number of aromatic nitrogens is 2. The minimum absolute atomic E-state index is 0.0652. The second-order valence-electron chi connectivity index (χ2n) is 8.00. The van der Waals surface area contributed by atoms with Gasteiger partial charge in [-0.15, -0.1) is 11.3 Å². The van der Waals surface area contributed by atoms with E-state index < -0.39 is 0 Å². The molecule has 1 aliphatic carbocycles. The number of nitrogens with zero attached hydrogens (tertiary/aromatic N) is 4. The van der Waals surface area contributed by atoms with E-state index in [0.717, 1.165) is 68.3 Å². The van der Waals surface area contributed by atoms with Crippen LogP contribution >= 0.6 is 11.3 Å². The lowest BCUT2D eigenvalue weighted by molar-refractivity contribution is 0.0636. The van der Waals surface area contributed by atoms with Gasteiger partial charge in [-0.1, -0.05) is 6.92 Å². The standard InChI is InChI=1S/C24H28N4O2S/c1-3-26-12-14-27(15-13-26)24(29)22-20-9-10-21-19(11-16-31-21)23(20)28(25-22)17-5-7-18(8-6-17)30-4-2/h5-8,11,16H,3-4,9-10,12-15H2,1-2H3. The Morgan fingerprint density at radius 2 is 1.84 bits per heavy atom. The van der Waals surface area contributed by atoms with E-state index in [0.29, 0.717) is 12.3 Å². The van der Waals surface area contributed by atoms with Crippen LogP contribution in [0.15, 0.2) is 35.7 Å². The van der Waals surface area contributed by atoms with E-state index >= 15 is 0 Å². The summed E-state index contributed by atoms with van der Waals surface area (Å²) in [6.07, 6.45) is 1.83. The van der Waals surface area contributed by atoms with Crippen LogP contribution in [-0.4, -0.2) is 64.8 Å². The molecular weight excluding hydrogens is 408 g/mol. The molecule has 1 aliphatic heterocycles. The molecule has 0 saturated carbocycles. The summed E-state index contributed by atoms with van der Waals surface area (Å²) in [4.78, 5) is 19.2. The first-order valence-electron chi connectivity index (χ1n) is 11.1. The van der Waals surface area contributed by atoms with Gasteiger partial charge in [-0.25, -0.2) is 4.68 Å². The first kappa shape index (κ1) is 20.3. The summed E-state index contributed by atoms with van der Waals surface area (Å²) in [5, 5.41) is 7.05. The molecule has 1 fully saturated rings. The van der Waals surface area contributed by atoms with Crippen molar-refractivity contribution in [2.45, 2.75) is 26.7 Å². The second kappa shape index (κ2) is 8.48. The Balaban J connectivity index is 1.55. The van der Waals surface area contributed by atoms with Crippen LogP contribution in [0.1, 0.15) is 34.8 Å². The zero-order valence-electron chi connectivity index (χ0n) is 18.1. The number of benzene rings is 1. The van der Waals surface area contributed by atoms with Gasteiger partial charge in [-0.2, -0.15) is 5.10 Å². The number of hydrogen-bond acceptors (Lipinski definition) is 5. The van der Waals surface area contributed by atoms with Gasteiger partial charge < -0.3 is 14.5 Å². The zero-order chi connectivity index (χ0) is 21.4. The number of rotatable bonds is 5. The topological polar surface area (TPSA) is 50.6 Å². The molecule has 5 rings (SSSR count). The molecule has 1 aromatic carbocycles. The number of carbonyl (C=O) groups excluding carboxylic acids is 1. The van der Waals surface area contributed by atoms with Gasteiger partial charge >= 0.3 is 0 Å². The van der Waals surface area contributed by atoms with Crippen molar-refractivity contribution in [2.75, 3.05) is 39.3 Å². The first-order chi connectivity index (χ1) is 15.2. The van der Waals surface area contributed by atoms with E-state index in [4.69, 9.17) is 9.84 Å². The Morgan fingerprint density at radius 3 is 2.55 bits per heavy atom. The second-order valence-corrected chi connectivity index (χ2v) is 9.00. The number of likely N-dealkylation sites (N-methyl/N-ethyl adjacent to an activating group) is 1. The SMILES string of the molecule is CCOc1ccc(-n2nc(C(=O)N3CCN(CC)CC3)c3c2-c2ccsc2CC3)cc1. The fourth-order valence-electron chi connectivity index (χ4n) is 4.57. The highest BCUT2D eigenvalue weighted by Gasteiger charge is 2.32. The highest BCUT2D eigenvalue weighted by Crippen LogP contribution is 2.40. The maximum Gasteiger partial charge on any atom is 0.274 e. The summed E-state index contributed by atoms with van der Waals surface area (Å²) < 4.78 is 7.56. The molecule has 0 atom stereocenters. The van der Waals surface area contributed by atoms with Crippen LogP contribution in [-0.2, 0) is 12.8 Å². The van der Waals surface area contributed by atoms with Crippen molar-refractivity contribution >= 4 is 17.2 Å². The van der Waals surface area contributed by atoms with Crippen LogP contribution in [0.5, 0.6) is 5.75 Å². The van der Waals surface area contributed by atoms with E-state index in [-0.39, 0.29) is 5.91 Å². The van der Waals surface area contributed by atoms with Gasteiger partial charge in [0.05, 0.1) is 18.0 Å². The largest absolute Gasteiger partial charge is 0.494 e. The molecule has 6 nitrogen and oxygen atoms in total. The summed E-state index contributed by atoms with van der Waals surface area (Å²) in [6.45, 7) is 9.21. The molecule has 3 heterocycles. The van der Waals surface area contributed by atoms with E-state index in [1.54, 1.807) is 11.3 Å². The monoisotopic (exact) mass is 436 g/mol. The number of hydrogen-bond donors (Lipinski definition) is 0. The van der Waals surface area contributed by atoms with Gasteiger partial charge in [0.15, 0.2) is 5.69 Å². The van der Waals surface area contributed by atoms with Crippen LogP contribution in [0.4, 0.5) is 0 Å². The smallest absolute Gasteiger partial charge is 0.274 e. The summed E-state index contributed by atoms with van der Waals surface area (Å²) in [7, 11) is 0. The molecule has 31 heavy (non-hydrogen) atoms. The molecule has 2 aliphatic rings. The molecule has 0 N–H and O–H groups in total. The zero-order valence-corrected chi connectivity index (χ0v) is 19.0. The van der Waals surface area contributed by atoms with Crippen molar-refractivity contribution in [3.05, 3.63) is 51.8 Å². The number of thiophene rings is 1. The lowest BCUT2D eigenvalue weighted by atomic mass is 9.94. The number of carbonyl (C=O) groups is 1. The minimum atomic E-state index is 0.0652. The molecule has 162 valence electrons. The Kier molecular flexibility index (Phi) is 5.54. The fraction of sp³-hybridized carbons (Fsp3) is 0.417. The molecule has 1 amide bonds. The van der Waals surface area contributed by atoms with E-state index in [9.17, 15) is 4.79 Å². The Hall–Kier alpha value is -2.64. The number of aryl methyl sites for hydroxylation is 1. The number of fused-ring (bicyclic) bond motifs is 3. The van der Waals surface area contributed by atoms with Gasteiger partial charge in [0.25, 0.3) is 5.91 Å². The van der Waals surface area contributed by atoms with Crippen molar-refractivity contribution in [3.8, 4) is 22.7 Å². The first-order valence-corrected chi connectivity index (χ1v) is 12.0. The van der Waals surface area contributed by atoms with Crippen LogP contribution in [0.25, 0.3) is 16.9 Å². The lowest BCUT2D eigenvalue weighted by Gasteiger charge is -2.33. The van der Waals surface area contributed by atoms with Gasteiger partial charge in [0.1, 0.15) is 5.75 Å². The molecule has 3 aromatic rings. The fourth-order valence-corrected chi connectivity index (χ4v) is 5.45. The Bertz CT molecular complexity index is 1080. The van der Waals surface area contributed by atoms with Crippen molar-refractivity contribution in [1.82, 2.24) is 19.6 Å². The molecule has 2 aromatic heterocycles. The van der Waals surface area contributed by atoms with Crippen LogP contribution in [0, 0.1) is 0 Å². The number of ether oxygens (including phenoxy) is 1. The quantitative estimate of drug-likeness (QED) is 0.609. The van der Waals surface area contributed by atoms with Gasteiger partial charge in [-0.05, 0) is 62.0 Å². The summed E-state index contributed by atoms with van der Waals surface area (Å²) in [6, 6.07) is 10.1. The minimum Gasteiger partial charge on any atom is -0.494 e. The van der Waals surface area contributed by atoms with E-state index in [1.165, 1.54) is 10.4 Å². The number of piperazine rings is 1. The van der Waals surface area contributed by atoms with Crippen LogP contribution in [0.3, 0.4) is 0 Å². The molecule has 0 bridgehead atoms. The summed E-state index contributed by atoms with van der Waals surface area (Å²) in [5.41, 5.74) is 4.94. The third kappa shape index (κ3) is 3.66. The number of amides is 1. The maximum atomic E-state index is 13.5. The van der Waals surface area contributed by atoms with Crippen LogP contribution in [0.2, 0.25) is 0 Å². The van der Waals surface area contributed by atoms with E-state index in [2.05, 4.69) is 23.3 Å². The van der Waals surface area contributed by atoms with Crippen molar-refractivity contribution in [3.63, 3.8) is 0 Å². The summed E-state index contributed by atoms with van der Waals surface area (Å²) >= 11 is 1.79. The van der Waals surface area contributed by atoms with Crippen molar-refractivity contribution in [1.29, 1.82) is 0 Å². The normalized spacial score (nSPS) is 16.1. The van der Waals surface area contributed by atoms with Crippen molar-refractivity contribution < 1.29 is 9.53 Å². The van der Waals surface area contributed by atoms with Gasteiger partial charge in [0, 0.05) is 42.2 Å². The highest BCUT2D eigenvalue weighted by molar-refractivity contribution is 7.10. The predicted octanol–water partition coefficient (Wildman–Crippen LogP) is 3.88. The van der Waals surface area contributed by atoms with E-state index in [1.807, 2.05) is 40.8 Å². The molecule has 0 spiro atoms. The average Bonchev–Trinajstić information content (AvgIpc) is 3.44. The molecule has 7 heteroatoms. The van der Waals surface area contributed by atoms with Gasteiger partial charge in [0.2, 0.25) is 0 Å². The molecule has 0 unspecified atom stereocenters. The van der Waals surface area contributed by atoms with Gasteiger partial charge in [-0.3, -0.25) is 4.79 Å². The predicted molar refractivity (Wildman–Crippen MR) is 123 cm³/mol. The highest BCUT2D eigenvalue weighted by atomic mass is 32.1. The third-order valence-corrected chi connectivity index (χ3v) is 7.27. The Morgan fingerprint density at radius 1 is 1.06 bits per heavy atom.